The van der Waals surface area contributed by atoms with E-state index in [0.717, 1.165) is 12.0 Å². The fourth-order valence-corrected chi connectivity index (χ4v) is 4.75. The number of aliphatic hydroxyl groups excluding tert-OH is 1. The second-order valence-electron chi connectivity index (χ2n) is 9.74. The van der Waals surface area contributed by atoms with Crippen LogP contribution in [0.1, 0.15) is 63.5 Å². The van der Waals surface area contributed by atoms with Gasteiger partial charge in [0, 0.05) is 42.5 Å². The van der Waals surface area contributed by atoms with Crippen molar-refractivity contribution in [2.45, 2.75) is 58.8 Å². The first-order valence-electron chi connectivity index (χ1n) is 14.0. The molecule has 2 unspecified atom stereocenters. The van der Waals surface area contributed by atoms with Crippen LogP contribution in [0.5, 0.6) is 5.75 Å². The molecule has 0 aromatic heterocycles. The molecule has 0 amide bonds. The van der Waals surface area contributed by atoms with Crippen molar-refractivity contribution in [1.29, 1.82) is 0 Å². The molecule has 1 aliphatic rings. The number of benzene rings is 2. The number of nitro benzene ring substituents is 1. The molecule has 0 spiro atoms. The maximum Gasteiger partial charge on any atom is 0.336 e. The Bertz CT molecular complexity index is 1270. The molecule has 3 rings (SSSR count). The van der Waals surface area contributed by atoms with Gasteiger partial charge < -0.3 is 19.3 Å². The summed E-state index contributed by atoms with van der Waals surface area (Å²) in [5.74, 6) is -2.26. The molecule has 10 nitrogen and oxygen atoms in total. The molecule has 1 aliphatic heterocycles. The van der Waals surface area contributed by atoms with Crippen LogP contribution in [0.25, 0.3) is 0 Å². The number of carbonyl (C=O) groups is 2. The van der Waals surface area contributed by atoms with Gasteiger partial charge in [-0.2, -0.15) is 0 Å². The van der Waals surface area contributed by atoms with Crippen molar-refractivity contribution in [2.75, 3.05) is 26.4 Å². The normalized spacial score (nSPS) is 16.6. The quantitative estimate of drug-likeness (QED) is 0.132. The zero-order chi connectivity index (χ0) is 29.8. The van der Waals surface area contributed by atoms with E-state index in [-0.39, 0.29) is 31.1 Å². The zero-order valence-corrected chi connectivity index (χ0v) is 23.8. The van der Waals surface area contributed by atoms with E-state index >= 15 is 0 Å². The molecule has 0 saturated carbocycles. The lowest BCUT2D eigenvalue weighted by atomic mass is 9.74. The third-order valence-electron chi connectivity index (χ3n) is 6.84. The molecule has 10 heteroatoms. The van der Waals surface area contributed by atoms with Gasteiger partial charge in [0.15, 0.2) is 0 Å². The Balaban J connectivity index is 1.79. The fraction of sp³-hybridized carbons (Fsp3) is 0.452. The highest BCUT2D eigenvalue weighted by atomic mass is 16.6. The second kappa shape index (κ2) is 15.7. The summed E-state index contributed by atoms with van der Waals surface area (Å²) in [5.41, 5.74) is 2.44. The molecule has 41 heavy (non-hydrogen) atoms. The lowest BCUT2D eigenvalue weighted by molar-refractivity contribution is -0.384. The summed E-state index contributed by atoms with van der Waals surface area (Å²) in [7, 11) is 0. The van der Waals surface area contributed by atoms with Crippen molar-refractivity contribution < 1.29 is 33.8 Å². The van der Waals surface area contributed by atoms with E-state index in [2.05, 4.69) is 4.99 Å². The number of allylic oxidation sites excluding steroid dienone is 1. The molecule has 2 aromatic carbocycles. The van der Waals surface area contributed by atoms with Gasteiger partial charge in [0.2, 0.25) is 0 Å². The van der Waals surface area contributed by atoms with Crippen LogP contribution in [0.2, 0.25) is 0 Å². The zero-order valence-electron chi connectivity index (χ0n) is 23.8. The number of carbonyl (C=O) groups excluding carboxylic acids is 2. The van der Waals surface area contributed by atoms with Crippen molar-refractivity contribution in [3.63, 3.8) is 0 Å². The molecule has 0 saturated heterocycles. The molecule has 2 atom stereocenters. The Morgan fingerprint density at radius 3 is 2.41 bits per heavy atom. The van der Waals surface area contributed by atoms with Crippen LogP contribution in [0.15, 0.2) is 64.8 Å². The number of aliphatic imine (C=N–C) groups is 1. The monoisotopic (exact) mass is 566 g/mol. The molecule has 2 aromatic rings. The van der Waals surface area contributed by atoms with Crippen molar-refractivity contribution in [3.8, 4) is 5.75 Å². The van der Waals surface area contributed by atoms with Crippen molar-refractivity contribution in [3.05, 3.63) is 81.0 Å². The number of nitrogens with zero attached hydrogens (tertiary/aromatic N) is 2. The Morgan fingerprint density at radius 1 is 1.02 bits per heavy atom. The van der Waals surface area contributed by atoms with Gasteiger partial charge in [-0.05, 0) is 49.4 Å². The van der Waals surface area contributed by atoms with Gasteiger partial charge in [-0.25, -0.2) is 4.79 Å². The third kappa shape index (κ3) is 8.47. The van der Waals surface area contributed by atoms with Crippen LogP contribution >= 0.6 is 0 Å². The lowest BCUT2D eigenvalue weighted by Crippen LogP contribution is -2.37. The number of aliphatic hydroxyl groups is 1. The first kappa shape index (κ1) is 31.5. The maximum absolute atomic E-state index is 13.5. The average Bonchev–Trinajstić information content (AvgIpc) is 2.97. The van der Waals surface area contributed by atoms with Gasteiger partial charge >= 0.3 is 11.9 Å². The minimum Gasteiger partial charge on any atom is -0.493 e. The van der Waals surface area contributed by atoms with E-state index in [4.69, 9.17) is 19.3 Å². The minimum atomic E-state index is -0.915. The highest BCUT2D eigenvalue weighted by molar-refractivity contribution is 6.07. The first-order valence-corrected chi connectivity index (χ1v) is 14.0. The highest BCUT2D eigenvalue weighted by Gasteiger charge is 2.43. The molecular weight excluding hydrogens is 528 g/mol. The van der Waals surface area contributed by atoms with E-state index in [0.29, 0.717) is 55.0 Å². The summed E-state index contributed by atoms with van der Waals surface area (Å²) in [6.45, 7) is 6.22. The Labute approximate surface area is 240 Å². The van der Waals surface area contributed by atoms with Gasteiger partial charge in [-0.3, -0.25) is 19.9 Å². The molecule has 0 bridgehead atoms. The third-order valence-corrected chi connectivity index (χ3v) is 6.84. The summed E-state index contributed by atoms with van der Waals surface area (Å²) >= 11 is 0. The van der Waals surface area contributed by atoms with Gasteiger partial charge in [0.25, 0.3) is 5.69 Å². The second-order valence-corrected chi connectivity index (χ2v) is 9.74. The number of esters is 2. The SMILES string of the molecule is CCCCOC(=O)C1C(CC)=NC(C)=C(C(=O)OCCCOc2ccc(CCO)cc2)C1c1cccc([N+](=O)[O-])c1. The van der Waals surface area contributed by atoms with Crippen molar-refractivity contribution >= 4 is 23.3 Å². The van der Waals surface area contributed by atoms with Gasteiger partial charge in [0.05, 0.1) is 30.3 Å². The minimum absolute atomic E-state index is 0.0653. The van der Waals surface area contributed by atoms with E-state index in [1.165, 1.54) is 18.2 Å². The summed E-state index contributed by atoms with van der Waals surface area (Å²) in [4.78, 5) is 42.5. The molecule has 0 aliphatic carbocycles. The number of rotatable bonds is 15. The molecule has 1 N–H and O–H groups in total. The topological polar surface area (TPSA) is 138 Å². The molecule has 0 radical (unpaired) electrons. The summed E-state index contributed by atoms with van der Waals surface area (Å²) in [6, 6.07) is 13.4. The van der Waals surface area contributed by atoms with Crippen LogP contribution in [0, 0.1) is 16.0 Å². The van der Waals surface area contributed by atoms with Gasteiger partial charge in [-0.1, -0.05) is 44.5 Å². The van der Waals surface area contributed by atoms with Crippen LogP contribution in [0.4, 0.5) is 5.69 Å². The molecular formula is C31H38N2O8. The number of ether oxygens (including phenoxy) is 3. The number of hydrogen-bond acceptors (Lipinski definition) is 9. The van der Waals surface area contributed by atoms with Crippen molar-refractivity contribution in [2.24, 2.45) is 10.9 Å². The Hall–Kier alpha value is -4.05. The smallest absolute Gasteiger partial charge is 0.336 e. The van der Waals surface area contributed by atoms with E-state index in [9.17, 15) is 19.7 Å². The van der Waals surface area contributed by atoms with Crippen LogP contribution in [-0.2, 0) is 25.5 Å². The Morgan fingerprint density at radius 2 is 1.76 bits per heavy atom. The summed E-state index contributed by atoms with van der Waals surface area (Å²) in [6.07, 6.45) is 2.97. The lowest BCUT2D eigenvalue weighted by Gasteiger charge is -2.32. The van der Waals surface area contributed by atoms with Crippen LogP contribution in [-0.4, -0.2) is 54.1 Å². The largest absolute Gasteiger partial charge is 0.493 e. The number of non-ortho nitro benzene ring substituents is 1. The fourth-order valence-electron chi connectivity index (χ4n) is 4.75. The van der Waals surface area contributed by atoms with E-state index < -0.39 is 28.7 Å². The molecule has 0 fully saturated rings. The van der Waals surface area contributed by atoms with E-state index in [1.807, 2.05) is 38.1 Å². The van der Waals surface area contributed by atoms with E-state index in [1.54, 1.807) is 13.0 Å². The standard InChI is InChI=1S/C31H38N2O8/c1-4-6-17-40-31(36)29-26(5-2)32-21(3)27(28(29)23-9-7-10-24(20-23)33(37)38)30(35)41-19-8-18-39-25-13-11-22(12-14-25)15-16-34/h7,9-14,20,28-29,34H,4-6,8,15-19H2,1-3H3. The summed E-state index contributed by atoms with van der Waals surface area (Å²) < 4.78 is 16.9. The van der Waals surface area contributed by atoms with Gasteiger partial charge in [0.1, 0.15) is 11.7 Å². The average molecular weight is 567 g/mol. The van der Waals surface area contributed by atoms with Gasteiger partial charge in [-0.15, -0.1) is 0 Å². The Kier molecular flexibility index (Phi) is 12.0. The predicted octanol–water partition coefficient (Wildman–Crippen LogP) is 5.32. The predicted molar refractivity (Wildman–Crippen MR) is 154 cm³/mol. The highest BCUT2D eigenvalue weighted by Crippen LogP contribution is 2.41. The molecule has 220 valence electrons. The van der Waals surface area contributed by atoms with Crippen LogP contribution in [0.3, 0.4) is 0 Å². The summed E-state index contributed by atoms with van der Waals surface area (Å²) in [5, 5.41) is 20.6. The molecule has 1 heterocycles. The number of hydrogen-bond donors (Lipinski definition) is 1. The van der Waals surface area contributed by atoms with Crippen molar-refractivity contribution in [1.82, 2.24) is 0 Å². The maximum atomic E-state index is 13.5. The number of nitro groups is 1. The number of unbranched alkanes of at least 4 members (excludes halogenated alkanes) is 1. The first-order chi connectivity index (χ1) is 19.8. The van der Waals surface area contributed by atoms with Crippen LogP contribution < -0.4 is 4.74 Å².